The first kappa shape index (κ1) is 39.4. The van der Waals surface area contributed by atoms with Gasteiger partial charge in [0.2, 0.25) is 12.3 Å². The van der Waals surface area contributed by atoms with Crippen molar-refractivity contribution in [1.82, 2.24) is 10.2 Å². The van der Waals surface area contributed by atoms with Gasteiger partial charge in [0, 0.05) is 55.1 Å². The van der Waals surface area contributed by atoms with Crippen LogP contribution in [0.25, 0.3) is 6.08 Å². The van der Waals surface area contributed by atoms with E-state index in [1.54, 1.807) is 31.2 Å². The van der Waals surface area contributed by atoms with Crippen molar-refractivity contribution in [1.29, 1.82) is 0 Å². The van der Waals surface area contributed by atoms with Crippen LogP contribution in [0.1, 0.15) is 35.3 Å². The number of nitrogens with one attached hydrogen (secondary N) is 2. The molecule has 2 aromatic carbocycles. The molecule has 0 saturated carbocycles. The van der Waals surface area contributed by atoms with Gasteiger partial charge in [-0.25, -0.2) is 0 Å². The van der Waals surface area contributed by atoms with Crippen LogP contribution in [-0.2, 0) is 20.6 Å². The van der Waals surface area contributed by atoms with Crippen molar-refractivity contribution in [2.75, 3.05) is 38.5 Å². The van der Waals surface area contributed by atoms with E-state index in [1.165, 1.54) is 12.1 Å². The standard InChI is InChI=1S/C14H17F3N2O2S.C10H10N2O.C5H15N3/c1-8(19-13(21)11(18)6-7-20)12(22)9-2-4-10(5-3-9)14(15,16)17;1-3-8-6-9(12-7-13)4-5-10(8)11-2;1-8(4-2-6)5-3-7/h2-5,7-8,11-12,22H,6,18H2,1H3,(H,19,21);3-7H,1-2H2,(H,12,13);2-7H2,1H3. The molecule has 2 amide bonds. The molecule has 0 radical (unpaired) electrons. The zero-order chi connectivity index (χ0) is 33.0. The largest absolute Gasteiger partial charge is 0.416 e. The number of hydrogen-bond donors (Lipinski definition) is 6. The molecule has 10 nitrogen and oxygen atoms in total. The number of anilines is 1. The predicted molar refractivity (Wildman–Crippen MR) is 170 cm³/mol. The number of amides is 2. The summed E-state index contributed by atoms with van der Waals surface area (Å²) in [7, 11) is 2.01. The SMILES string of the molecule is C=Cc1cc(NC=O)ccc1N=C.CC(NC(=O)C(N)CC=O)C(S)c1ccc(C(F)(F)F)cc1.CN(CCN)CCN. The fourth-order valence-corrected chi connectivity index (χ4v) is 3.60. The molecule has 0 saturated heterocycles. The van der Waals surface area contributed by atoms with E-state index in [1.807, 2.05) is 7.05 Å². The van der Waals surface area contributed by atoms with Gasteiger partial charge in [-0.3, -0.25) is 14.6 Å². The van der Waals surface area contributed by atoms with Gasteiger partial charge < -0.3 is 37.5 Å². The molecule has 0 aliphatic carbocycles. The quantitative estimate of drug-likeness (QED) is 0.106. The van der Waals surface area contributed by atoms with E-state index < -0.39 is 35.0 Å². The average Bonchev–Trinajstić information content (AvgIpc) is 2.97. The number of nitrogens with two attached hydrogens (primary N) is 3. The Morgan fingerprint density at radius 3 is 2.14 bits per heavy atom. The van der Waals surface area contributed by atoms with E-state index >= 15 is 0 Å². The normalized spacial score (nSPS) is 12.7. The van der Waals surface area contributed by atoms with Gasteiger partial charge in [-0.1, -0.05) is 24.8 Å². The van der Waals surface area contributed by atoms with Gasteiger partial charge in [0.05, 0.1) is 17.3 Å². The molecule has 3 atom stereocenters. The zero-order valence-corrected chi connectivity index (χ0v) is 25.3. The number of nitrogens with zero attached hydrogens (tertiary/aromatic N) is 2. The van der Waals surface area contributed by atoms with Crippen molar-refractivity contribution in [2.45, 2.75) is 36.9 Å². The predicted octanol–water partition coefficient (Wildman–Crippen LogP) is 3.16. The monoisotopic (exact) mass is 625 g/mol. The fourth-order valence-electron chi connectivity index (χ4n) is 3.35. The molecule has 43 heavy (non-hydrogen) atoms. The second-order valence-corrected chi connectivity index (χ2v) is 9.71. The molecule has 2 rings (SSSR count). The van der Waals surface area contributed by atoms with Crippen molar-refractivity contribution in [3.8, 4) is 0 Å². The molecule has 238 valence electrons. The van der Waals surface area contributed by atoms with E-state index in [0.717, 1.165) is 55.2 Å². The maximum Gasteiger partial charge on any atom is 0.416 e. The molecular weight excluding hydrogens is 583 g/mol. The minimum atomic E-state index is -4.40. The van der Waals surface area contributed by atoms with Crippen molar-refractivity contribution in [3.05, 3.63) is 65.7 Å². The third kappa shape index (κ3) is 15.5. The van der Waals surface area contributed by atoms with Crippen LogP contribution in [0.4, 0.5) is 24.5 Å². The number of carbonyl (C=O) groups is 3. The van der Waals surface area contributed by atoms with Crippen LogP contribution >= 0.6 is 12.6 Å². The molecule has 0 spiro atoms. The van der Waals surface area contributed by atoms with E-state index in [-0.39, 0.29) is 6.42 Å². The summed E-state index contributed by atoms with van der Waals surface area (Å²) < 4.78 is 37.5. The Labute approximate surface area is 256 Å². The molecule has 8 N–H and O–H groups in total. The summed E-state index contributed by atoms with van der Waals surface area (Å²) in [6.07, 6.45) is -1.66. The van der Waals surface area contributed by atoms with Crippen LogP contribution in [-0.4, -0.2) is 75.5 Å². The lowest BCUT2D eigenvalue weighted by atomic mass is 10.0. The van der Waals surface area contributed by atoms with E-state index in [4.69, 9.17) is 17.2 Å². The van der Waals surface area contributed by atoms with Crippen molar-refractivity contribution < 1.29 is 27.6 Å². The fraction of sp³-hybridized carbons (Fsp3) is 0.379. The number of alkyl halides is 3. The molecule has 0 aromatic heterocycles. The summed E-state index contributed by atoms with van der Waals surface area (Å²) in [5.74, 6) is -0.509. The van der Waals surface area contributed by atoms with Gasteiger partial charge in [-0.2, -0.15) is 25.8 Å². The molecule has 0 aliphatic rings. The van der Waals surface area contributed by atoms with Crippen molar-refractivity contribution in [3.63, 3.8) is 0 Å². The summed E-state index contributed by atoms with van der Waals surface area (Å²) in [5.41, 5.74) is 18.2. The highest BCUT2D eigenvalue weighted by molar-refractivity contribution is 7.80. The summed E-state index contributed by atoms with van der Waals surface area (Å²) >= 11 is 4.31. The molecule has 0 fully saturated rings. The number of halogens is 3. The van der Waals surface area contributed by atoms with Gasteiger partial charge in [-0.05, 0) is 56.6 Å². The van der Waals surface area contributed by atoms with Crippen LogP contribution in [0, 0.1) is 0 Å². The van der Waals surface area contributed by atoms with Gasteiger partial charge >= 0.3 is 6.18 Å². The second-order valence-electron chi connectivity index (χ2n) is 9.15. The second kappa shape index (κ2) is 21.2. The van der Waals surface area contributed by atoms with Crippen LogP contribution in [0.2, 0.25) is 0 Å². The van der Waals surface area contributed by atoms with Crippen LogP contribution in [0.15, 0.2) is 54.0 Å². The Morgan fingerprint density at radius 2 is 1.70 bits per heavy atom. The number of likely N-dealkylation sites (N-methyl/N-ethyl adjacent to an activating group) is 1. The number of aliphatic imine (C=N–C) groups is 1. The topological polar surface area (TPSA) is 169 Å². The first-order chi connectivity index (χ1) is 20.3. The van der Waals surface area contributed by atoms with Crippen LogP contribution < -0.4 is 27.8 Å². The van der Waals surface area contributed by atoms with E-state index in [9.17, 15) is 27.6 Å². The Bertz CT molecular complexity index is 1150. The maximum atomic E-state index is 12.5. The van der Waals surface area contributed by atoms with Crippen LogP contribution in [0.5, 0.6) is 0 Å². The summed E-state index contributed by atoms with van der Waals surface area (Å²) in [6.45, 7) is 12.0. The van der Waals surface area contributed by atoms with E-state index in [0.29, 0.717) is 18.3 Å². The Kier molecular flexibility index (Phi) is 19.4. The highest BCUT2D eigenvalue weighted by Crippen LogP contribution is 2.31. The molecule has 3 unspecified atom stereocenters. The first-order valence-electron chi connectivity index (χ1n) is 13.2. The minimum absolute atomic E-state index is 0.101. The maximum absolute atomic E-state index is 12.5. The molecule has 2 aromatic rings. The van der Waals surface area contributed by atoms with Gasteiger partial charge in [0.1, 0.15) is 6.29 Å². The Morgan fingerprint density at radius 1 is 1.12 bits per heavy atom. The van der Waals surface area contributed by atoms with Gasteiger partial charge in [0.15, 0.2) is 0 Å². The molecular formula is C29H42F3N7O3S. The van der Waals surface area contributed by atoms with Gasteiger partial charge in [0.25, 0.3) is 0 Å². The van der Waals surface area contributed by atoms with Crippen molar-refractivity contribution >= 4 is 55.4 Å². The third-order valence-corrected chi connectivity index (χ3v) is 6.52. The molecule has 0 heterocycles. The Balaban J connectivity index is 0.000000706. The lowest BCUT2D eigenvalue weighted by Gasteiger charge is -2.22. The summed E-state index contributed by atoms with van der Waals surface area (Å²) in [6, 6.07) is 8.45. The number of benzene rings is 2. The molecule has 0 bridgehead atoms. The summed E-state index contributed by atoms with van der Waals surface area (Å²) in [4.78, 5) is 38.1. The van der Waals surface area contributed by atoms with E-state index in [2.05, 4.69) is 46.5 Å². The minimum Gasteiger partial charge on any atom is -0.351 e. The average molecular weight is 626 g/mol. The lowest BCUT2D eigenvalue weighted by molar-refractivity contribution is -0.137. The number of carbonyl (C=O) groups excluding carboxylic acids is 3. The smallest absolute Gasteiger partial charge is 0.351 e. The number of thiol groups is 1. The van der Waals surface area contributed by atoms with Crippen molar-refractivity contribution in [2.24, 2.45) is 22.2 Å². The van der Waals surface area contributed by atoms with Crippen LogP contribution in [0.3, 0.4) is 0 Å². The number of hydrogen-bond acceptors (Lipinski definition) is 9. The lowest BCUT2D eigenvalue weighted by Crippen LogP contribution is -2.45. The number of rotatable bonds is 14. The zero-order valence-electron chi connectivity index (χ0n) is 24.4. The third-order valence-electron chi connectivity index (χ3n) is 5.78. The summed E-state index contributed by atoms with van der Waals surface area (Å²) in [5, 5.41) is 4.62. The highest BCUT2D eigenvalue weighted by Gasteiger charge is 2.30. The molecule has 14 heteroatoms. The number of aldehydes is 1. The Hall–Kier alpha value is -3.56. The highest BCUT2D eigenvalue weighted by atomic mass is 32.1. The van der Waals surface area contributed by atoms with Gasteiger partial charge in [-0.15, -0.1) is 0 Å². The molecule has 0 aliphatic heterocycles. The first-order valence-corrected chi connectivity index (χ1v) is 13.7.